The van der Waals surface area contributed by atoms with Crippen molar-refractivity contribution in [1.29, 1.82) is 0 Å². The van der Waals surface area contributed by atoms with Crippen LogP contribution in [0.4, 0.5) is 0 Å². The van der Waals surface area contributed by atoms with Crippen LogP contribution in [0.2, 0.25) is 0 Å². The maximum Gasteiger partial charge on any atom is 0.221 e. The average Bonchev–Trinajstić information content (AvgIpc) is 2.08. The van der Waals surface area contributed by atoms with Gasteiger partial charge in [0, 0.05) is 0 Å². The second kappa shape index (κ2) is 4.33. The van der Waals surface area contributed by atoms with Crippen LogP contribution in [0.3, 0.4) is 0 Å². The van der Waals surface area contributed by atoms with Crippen molar-refractivity contribution < 1.29 is 4.79 Å². The van der Waals surface area contributed by atoms with Gasteiger partial charge in [0.15, 0.2) is 0 Å². The van der Waals surface area contributed by atoms with Crippen molar-refractivity contribution in [2.24, 2.45) is 5.41 Å². The summed E-state index contributed by atoms with van der Waals surface area (Å²) in [5.41, 5.74) is -0.318. The number of hydrogen-bond acceptors (Lipinski definition) is 1. The van der Waals surface area contributed by atoms with Crippen LogP contribution in [0, 0.1) is 5.41 Å². The fourth-order valence-corrected chi connectivity index (χ4v) is 1.70. The summed E-state index contributed by atoms with van der Waals surface area (Å²) >= 11 is 0. The van der Waals surface area contributed by atoms with Gasteiger partial charge in [-0.05, 0) is 12.8 Å². The van der Waals surface area contributed by atoms with Gasteiger partial charge in [-0.1, -0.05) is 19.9 Å². The Hall–Kier alpha value is -0.573. The molecular weight excluding hydrogens is 154 g/mol. The Morgan fingerprint density at radius 2 is 2.09 bits per heavy atom. The molecule has 0 saturated carbocycles. The van der Waals surface area contributed by atoms with Crippen molar-refractivity contribution in [3.05, 3.63) is 12.7 Å². The zero-order valence-corrected chi connectivity index (χ0v) is 9.61. The van der Waals surface area contributed by atoms with Crippen LogP contribution in [0.5, 0.6) is 0 Å². The van der Waals surface area contributed by atoms with Crippen LogP contribution < -0.4 is 4.98 Å². The quantitative estimate of drug-likeness (QED) is 0.481. The molecule has 0 fully saturated rings. The van der Waals surface area contributed by atoms with Crippen molar-refractivity contribution in [3.8, 4) is 0 Å². The lowest BCUT2D eigenvalue weighted by atomic mass is 9.82. The average molecular weight is 171 g/mol. The van der Waals surface area contributed by atoms with E-state index in [2.05, 4.69) is 11.6 Å². The maximum atomic E-state index is 11.4. The minimum absolute atomic E-state index is 0.129. The lowest BCUT2D eigenvalue weighted by Crippen LogP contribution is -2.37. The van der Waals surface area contributed by atoms with E-state index in [0.717, 1.165) is 23.2 Å². The summed E-state index contributed by atoms with van der Waals surface area (Å²) in [6.45, 7) is 7.73. The summed E-state index contributed by atoms with van der Waals surface area (Å²) < 4.78 is 0. The standard InChI is InChI=1S/C8H17NOSi/c1-4-8(5-2,6-3)7(10)9-11/h4H,1,5-6H2,2-3,11H3,(H,9,10). The molecule has 11 heavy (non-hydrogen) atoms. The van der Waals surface area contributed by atoms with E-state index in [9.17, 15) is 4.79 Å². The largest absolute Gasteiger partial charge is 0.390 e. The van der Waals surface area contributed by atoms with E-state index in [1.165, 1.54) is 0 Å². The van der Waals surface area contributed by atoms with E-state index in [-0.39, 0.29) is 11.3 Å². The zero-order chi connectivity index (χ0) is 8.91. The molecular formula is C8H17NOSi. The topological polar surface area (TPSA) is 29.1 Å². The molecule has 0 spiro atoms. The van der Waals surface area contributed by atoms with E-state index in [4.69, 9.17) is 0 Å². The van der Waals surface area contributed by atoms with Crippen LogP contribution in [0.15, 0.2) is 12.7 Å². The number of nitrogens with one attached hydrogen (secondary N) is 1. The number of carbonyl (C=O) groups excluding carboxylic acids is 1. The number of carbonyl (C=O) groups is 1. The smallest absolute Gasteiger partial charge is 0.221 e. The first-order valence-corrected chi connectivity index (χ1v) is 5.02. The molecule has 3 heteroatoms. The molecule has 1 amide bonds. The molecule has 2 nitrogen and oxygen atoms in total. The summed E-state index contributed by atoms with van der Waals surface area (Å²) in [5.74, 6) is 0.129. The minimum Gasteiger partial charge on any atom is -0.390 e. The van der Waals surface area contributed by atoms with Crippen LogP contribution >= 0.6 is 0 Å². The van der Waals surface area contributed by atoms with Gasteiger partial charge in [0.2, 0.25) is 5.91 Å². The SMILES string of the molecule is C=CC(CC)(CC)C(=O)N[SiH3]. The highest BCUT2D eigenvalue weighted by molar-refractivity contribution is 6.15. The Morgan fingerprint density at radius 3 is 2.18 bits per heavy atom. The second-order valence-electron chi connectivity index (χ2n) is 2.65. The Labute approximate surface area is 71.6 Å². The fraction of sp³-hybridized carbons (Fsp3) is 0.625. The number of amides is 1. The van der Waals surface area contributed by atoms with Gasteiger partial charge < -0.3 is 4.98 Å². The summed E-state index contributed by atoms with van der Waals surface area (Å²) in [6.07, 6.45) is 3.43. The Balaban J connectivity index is 4.53. The Kier molecular flexibility index (Phi) is 4.11. The Bertz CT molecular complexity index is 152. The minimum atomic E-state index is -0.318. The summed E-state index contributed by atoms with van der Waals surface area (Å²) in [5, 5.41) is 0. The van der Waals surface area contributed by atoms with Gasteiger partial charge in [0.25, 0.3) is 0 Å². The monoisotopic (exact) mass is 171 g/mol. The fourth-order valence-electron chi connectivity index (χ4n) is 1.20. The third kappa shape index (κ3) is 1.93. The first-order chi connectivity index (χ1) is 5.16. The molecule has 0 bridgehead atoms. The molecule has 1 N–H and O–H groups in total. The molecule has 0 radical (unpaired) electrons. The Morgan fingerprint density at radius 1 is 1.64 bits per heavy atom. The van der Waals surface area contributed by atoms with Crippen LogP contribution in [-0.2, 0) is 4.79 Å². The van der Waals surface area contributed by atoms with Crippen molar-refractivity contribution in [2.75, 3.05) is 0 Å². The lowest BCUT2D eigenvalue weighted by Gasteiger charge is -2.25. The summed E-state index contributed by atoms with van der Waals surface area (Å²) in [4.78, 5) is 14.2. The summed E-state index contributed by atoms with van der Waals surface area (Å²) in [7, 11) is 0.720. The van der Waals surface area contributed by atoms with Gasteiger partial charge in [-0.15, -0.1) is 6.58 Å². The zero-order valence-electron chi connectivity index (χ0n) is 7.61. The predicted octanol–water partition coefficient (Wildman–Crippen LogP) is 0.375. The molecule has 0 aromatic rings. The predicted molar refractivity (Wildman–Crippen MR) is 51.3 cm³/mol. The molecule has 0 aromatic carbocycles. The van der Waals surface area contributed by atoms with E-state index in [0.29, 0.717) is 0 Å². The molecule has 0 aromatic heterocycles. The highest BCUT2D eigenvalue weighted by Crippen LogP contribution is 2.27. The van der Waals surface area contributed by atoms with Crippen LogP contribution in [0.25, 0.3) is 0 Å². The lowest BCUT2D eigenvalue weighted by molar-refractivity contribution is -0.127. The molecule has 0 unspecified atom stereocenters. The molecule has 0 rings (SSSR count). The van der Waals surface area contributed by atoms with Crippen molar-refractivity contribution >= 4 is 16.3 Å². The highest BCUT2D eigenvalue weighted by atomic mass is 28.2. The van der Waals surface area contributed by atoms with E-state index < -0.39 is 0 Å². The summed E-state index contributed by atoms with van der Waals surface area (Å²) in [6, 6.07) is 0. The van der Waals surface area contributed by atoms with Gasteiger partial charge in [-0.25, -0.2) is 0 Å². The number of rotatable bonds is 4. The molecule has 0 saturated heterocycles. The molecule has 0 atom stereocenters. The van der Waals surface area contributed by atoms with Crippen molar-refractivity contribution in [2.45, 2.75) is 26.7 Å². The van der Waals surface area contributed by atoms with Crippen molar-refractivity contribution in [1.82, 2.24) is 4.98 Å². The molecule has 0 aliphatic carbocycles. The first kappa shape index (κ1) is 10.4. The third-order valence-corrected chi connectivity index (χ3v) is 2.79. The van der Waals surface area contributed by atoms with E-state index in [1.54, 1.807) is 6.08 Å². The normalized spacial score (nSPS) is 11.1. The van der Waals surface area contributed by atoms with E-state index in [1.807, 2.05) is 13.8 Å². The van der Waals surface area contributed by atoms with Gasteiger partial charge in [-0.3, -0.25) is 4.79 Å². The molecule has 0 aliphatic rings. The molecule has 0 aliphatic heterocycles. The third-order valence-electron chi connectivity index (χ3n) is 2.33. The molecule has 64 valence electrons. The second-order valence-corrected chi connectivity index (χ2v) is 3.15. The van der Waals surface area contributed by atoms with Gasteiger partial charge >= 0.3 is 0 Å². The maximum absolute atomic E-state index is 11.4. The van der Waals surface area contributed by atoms with E-state index >= 15 is 0 Å². The first-order valence-electron chi connectivity index (χ1n) is 4.02. The van der Waals surface area contributed by atoms with Crippen molar-refractivity contribution in [3.63, 3.8) is 0 Å². The van der Waals surface area contributed by atoms with Gasteiger partial charge in [0.05, 0.1) is 5.41 Å². The van der Waals surface area contributed by atoms with Crippen LogP contribution in [-0.4, -0.2) is 16.3 Å². The van der Waals surface area contributed by atoms with Crippen LogP contribution in [0.1, 0.15) is 26.7 Å². The van der Waals surface area contributed by atoms with Gasteiger partial charge in [0.1, 0.15) is 10.4 Å². The number of hydrogen-bond donors (Lipinski definition) is 1. The molecule has 0 heterocycles. The van der Waals surface area contributed by atoms with Gasteiger partial charge in [-0.2, -0.15) is 0 Å². The highest BCUT2D eigenvalue weighted by Gasteiger charge is 2.29.